The summed E-state index contributed by atoms with van der Waals surface area (Å²) in [6.45, 7) is 1.03. The van der Waals surface area contributed by atoms with E-state index in [-0.39, 0.29) is 12.1 Å². The van der Waals surface area contributed by atoms with E-state index < -0.39 is 9.84 Å². The van der Waals surface area contributed by atoms with Gasteiger partial charge in [-0.05, 0) is 37.5 Å². The molecule has 3 heterocycles. The van der Waals surface area contributed by atoms with Gasteiger partial charge in [-0.2, -0.15) is 5.10 Å². The van der Waals surface area contributed by atoms with Gasteiger partial charge in [-0.15, -0.1) is 11.3 Å². The predicted octanol–water partition coefficient (Wildman–Crippen LogP) is 2.31. The lowest BCUT2D eigenvalue weighted by atomic mass is 10.00. The zero-order valence-electron chi connectivity index (χ0n) is 13.4. The second-order valence-electron chi connectivity index (χ2n) is 5.87. The summed E-state index contributed by atoms with van der Waals surface area (Å²) in [4.78, 5) is 15.2. The first-order valence-corrected chi connectivity index (χ1v) is 10.5. The lowest BCUT2D eigenvalue weighted by Gasteiger charge is -2.35. The second kappa shape index (κ2) is 6.94. The van der Waals surface area contributed by atoms with Gasteiger partial charge in [-0.1, -0.05) is 0 Å². The van der Waals surface area contributed by atoms with E-state index in [4.69, 9.17) is 0 Å². The smallest absolute Gasteiger partial charge is 0.318 e. The standard InChI is InChI=1S/C15H20N4O3S2/c1-24(21,22)14-6-5-11(23-14)10-16-15(20)19-9-3-2-4-13(19)12-7-8-17-18-12/h5-8,13H,2-4,9-10H2,1H3,(H,16,20)(H,17,18). The van der Waals surface area contributed by atoms with Gasteiger partial charge in [0.15, 0.2) is 9.84 Å². The van der Waals surface area contributed by atoms with Crippen molar-refractivity contribution in [3.05, 3.63) is 35.0 Å². The highest BCUT2D eigenvalue weighted by atomic mass is 32.2. The maximum atomic E-state index is 12.5. The quantitative estimate of drug-likeness (QED) is 0.866. The first-order chi connectivity index (χ1) is 11.4. The van der Waals surface area contributed by atoms with Crippen molar-refractivity contribution in [1.29, 1.82) is 0 Å². The van der Waals surface area contributed by atoms with Gasteiger partial charge in [0, 0.05) is 23.9 Å². The van der Waals surface area contributed by atoms with Crippen LogP contribution in [0.4, 0.5) is 4.79 Å². The third kappa shape index (κ3) is 3.78. The van der Waals surface area contributed by atoms with E-state index >= 15 is 0 Å². The lowest BCUT2D eigenvalue weighted by Crippen LogP contribution is -2.44. The van der Waals surface area contributed by atoms with Crippen LogP contribution in [0.1, 0.15) is 35.9 Å². The van der Waals surface area contributed by atoms with Gasteiger partial charge in [-0.25, -0.2) is 13.2 Å². The van der Waals surface area contributed by atoms with Crippen LogP contribution in [-0.4, -0.2) is 42.3 Å². The molecule has 2 aromatic rings. The highest BCUT2D eigenvalue weighted by Gasteiger charge is 2.28. The number of aromatic amines is 1. The summed E-state index contributed by atoms with van der Waals surface area (Å²) in [5, 5.41) is 9.81. The number of hydrogen-bond acceptors (Lipinski definition) is 5. The Hall–Kier alpha value is -1.87. The van der Waals surface area contributed by atoms with Crippen molar-refractivity contribution >= 4 is 27.2 Å². The van der Waals surface area contributed by atoms with Gasteiger partial charge in [0.2, 0.25) is 0 Å². The minimum absolute atomic E-state index is 0.0103. The Balaban J connectivity index is 1.64. The van der Waals surface area contributed by atoms with Crippen LogP contribution in [0.15, 0.2) is 28.6 Å². The molecule has 1 aliphatic rings. The molecular formula is C15H20N4O3S2. The van der Waals surface area contributed by atoms with Crippen molar-refractivity contribution in [2.75, 3.05) is 12.8 Å². The number of sulfone groups is 1. The van der Waals surface area contributed by atoms with Crippen molar-refractivity contribution in [2.45, 2.75) is 36.1 Å². The molecule has 0 spiro atoms. The number of carbonyl (C=O) groups excluding carboxylic acids is 1. The highest BCUT2D eigenvalue weighted by Crippen LogP contribution is 2.29. The van der Waals surface area contributed by atoms with Crippen molar-refractivity contribution in [1.82, 2.24) is 20.4 Å². The molecule has 0 aliphatic carbocycles. The van der Waals surface area contributed by atoms with Crippen LogP contribution in [0.5, 0.6) is 0 Å². The van der Waals surface area contributed by atoms with Gasteiger partial charge in [-0.3, -0.25) is 5.10 Å². The highest BCUT2D eigenvalue weighted by molar-refractivity contribution is 7.92. The molecule has 2 N–H and O–H groups in total. The fourth-order valence-corrected chi connectivity index (χ4v) is 4.78. The average Bonchev–Trinajstić information content (AvgIpc) is 3.23. The zero-order valence-corrected chi connectivity index (χ0v) is 15.0. The van der Waals surface area contributed by atoms with Crippen LogP contribution in [-0.2, 0) is 16.4 Å². The number of nitrogens with one attached hydrogen (secondary N) is 2. The number of nitrogens with zero attached hydrogens (tertiary/aromatic N) is 2. The van der Waals surface area contributed by atoms with E-state index in [1.54, 1.807) is 18.3 Å². The Morgan fingerprint density at radius 2 is 2.25 bits per heavy atom. The molecule has 0 aromatic carbocycles. The fourth-order valence-electron chi connectivity index (χ4n) is 2.87. The molecule has 0 bridgehead atoms. The number of amides is 2. The first kappa shape index (κ1) is 17.0. The second-order valence-corrected chi connectivity index (χ2v) is 9.28. The van der Waals surface area contributed by atoms with Crippen LogP contribution in [0, 0.1) is 0 Å². The van der Waals surface area contributed by atoms with Gasteiger partial charge < -0.3 is 10.2 Å². The van der Waals surface area contributed by atoms with Crippen molar-refractivity contribution < 1.29 is 13.2 Å². The first-order valence-electron chi connectivity index (χ1n) is 7.77. The summed E-state index contributed by atoms with van der Waals surface area (Å²) in [5.41, 5.74) is 0.945. The summed E-state index contributed by atoms with van der Waals surface area (Å²) in [7, 11) is -3.20. The Morgan fingerprint density at radius 1 is 1.42 bits per heavy atom. The fraction of sp³-hybridized carbons (Fsp3) is 0.467. The molecule has 130 valence electrons. The molecule has 2 aromatic heterocycles. The third-order valence-corrected chi connectivity index (χ3v) is 6.97. The van der Waals surface area contributed by atoms with Crippen LogP contribution in [0.2, 0.25) is 0 Å². The van der Waals surface area contributed by atoms with Gasteiger partial charge in [0.25, 0.3) is 0 Å². The topological polar surface area (TPSA) is 95.2 Å². The van der Waals surface area contributed by atoms with Crippen LogP contribution < -0.4 is 5.32 Å². The molecule has 2 amide bonds. The zero-order chi connectivity index (χ0) is 17.2. The monoisotopic (exact) mass is 368 g/mol. The van der Waals surface area contributed by atoms with Crippen LogP contribution in [0.25, 0.3) is 0 Å². The summed E-state index contributed by atoms with van der Waals surface area (Å²) in [6, 6.07) is 5.09. The average molecular weight is 368 g/mol. The van der Waals surface area contributed by atoms with Crippen molar-refractivity contribution in [3.8, 4) is 0 Å². The van der Waals surface area contributed by atoms with E-state index in [1.807, 2.05) is 11.0 Å². The van der Waals surface area contributed by atoms with E-state index in [2.05, 4.69) is 15.5 Å². The Labute approximate surface area is 145 Å². The van der Waals surface area contributed by atoms with Crippen molar-refractivity contribution in [3.63, 3.8) is 0 Å². The van der Waals surface area contributed by atoms with Gasteiger partial charge in [0.05, 0.1) is 18.3 Å². The minimum atomic E-state index is -3.20. The van der Waals surface area contributed by atoms with E-state index in [0.29, 0.717) is 17.3 Å². The van der Waals surface area contributed by atoms with Crippen LogP contribution in [0.3, 0.4) is 0 Å². The number of urea groups is 1. The molecule has 1 saturated heterocycles. The maximum Gasteiger partial charge on any atom is 0.318 e. The van der Waals surface area contributed by atoms with Gasteiger partial charge >= 0.3 is 6.03 Å². The molecule has 1 unspecified atom stereocenters. The summed E-state index contributed by atoms with van der Waals surface area (Å²) < 4.78 is 23.3. The number of thiophene rings is 1. The summed E-state index contributed by atoms with van der Waals surface area (Å²) in [6.07, 6.45) is 5.85. The third-order valence-electron chi connectivity index (χ3n) is 4.06. The predicted molar refractivity (Wildman–Crippen MR) is 91.6 cm³/mol. The molecular weight excluding hydrogens is 348 g/mol. The molecule has 1 aliphatic heterocycles. The molecule has 3 rings (SSSR count). The molecule has 7 nitrogen and oxygen atoms in total. The molecule has 1 atom stereocenters. The molecule has 0 saturated carbocycles. The summed E-state index contributed by atoms with van der Waals surface area (Å²) in [5.74, 6) is 0. The molecule has 1 fully saturated rings. The SMILES string of the molecule is CS(=O)(=O)c1ccc(CNC(=O)N2CCCCC2c2ccn[nH]2)s1. The van der Waals surface area contributed by atoms with Crippen LogP contribution >= 0.6 is 11.3 Å². The Bertz CT molecular complexity index is 799. The maximum absolute atomic E-state index is 12.5. The van der Waals surface area contributed by atoms with Crippen molar-refractivity contribution in [2.24, 2.45) is 0 Å². The van der Waals surface area contributed by atoms with E-state index in [9.17, 15) is 13.2 Å². The molecule has 0 radical (unpaired) electrons. The number of H-pyrrole nitrogens is 1. The van der Waals surface area contributed by atoms with Gasteiger partial charge in [0.1, 0.15) is 4.21 Å². The number of aromatic nitrogens is 2. The minimum Gasteiger partial charge on any atom is -0.333 e. The Morgan fingerprint density at radius 3 is 2.92 bits per heavy atom. The normalized spacial score (nSPS) is 18.5. The number of likely N-dealkylation sites (tertiary alicyclic amines) is 1. The molecule has 24 heavy (non-hydrogen) atoms. The van der Waals surface area contributed by atoms with E-state index in [0.717, 1.165) is 29.8 Å². The Kier molecular flexibility index (Phi) is 4.91. The number of rotatable bonds is 4. The summed E-state index contributed by atoms with van der Waals surface area (Å²) >= 11 is 1.19. The molecule has 9 heteroatoms. The number of hydrogen-bond donors (Lipinski definition) is 2. The largest absolute Gasteiger partial charge is 0.333 e. The number of piperidine rings is 1. The lowest BCUT2D eigenvalue weighted by molar-refractivity contribution is 0.149. The number of carbonyl (C=O) groups is 1. The van der Waals surface area contributed by atoms with E-state index in [1.165, 1.54) is 17.6 Å².